The number of hydrogen-bond acceptors (Lipinski definition) is 2. The quantitative estimate of drug-likeness (QED) is 0.916. The molecule has 2 amide bonds. The molecule has 5 heteroatoms. The first kappa shape index (κ1) is 15.6. The Labute approximate surface area is 140 Å². The Morgan fingerprint density at radius 1 is 1.22 bits per heavy atom. The molecule has 0 aliphatic carbocycles. The molecule has 0 radical (unpaired) electrons. The van der Waals surface area contributed by atoms with E-state index in [2.05, 4.69) is 5.32 Å². The molecule has 1 N–H and O–H groups in total. The molecule has 0 saturated heterocycles. The van der Waals surface area contributed by atoms with Gasteiger partial charge in [0, 0.05) is 29.7 Å². The number of nitrogens with zero attached hydrogens (tertiary/aromatic N) is 1. The third-order valence-electron chi connectivity index (χ3n) is 4.08. The van der Waals surface area contributed by atoms with Gasteiger partial charge in [0.05, 0.1) is 0 Å². The molecule has 118 valence electrons. The first-order valence-electron chi connectivity index (χ1n) is 7.42. The summed E-state index contributed by atoms with van der Waals surface area (Å²) < 4.78 is 0. The van der Waals surface area contributed by atoms with E-state index in [9.17, 15) is 9.59 Å². The molecule has 2 aromatic rings. The standard InChI is InChI=1S/C18H17ClN2O2/c1-11-7-8-14(19)10-15(11)20-18(23)17-9-13-5-3-4-6-16(13)21(17)12(2)22/h3-8,10,17H,9H2,1-2H3,(H,20,23). The van der Waals surface area contributed by atoms with Gasteiger partial charge in [0.25, 0.3) is 0 Å². The van der Waals surface area contributed by atoms with Crippen LogP contribution in [0.1, 0.15) is 18.1 Å². The summed E-state index contributed by atoms with van der Waals surface area (Å²) in [6.07, 6.45) is 0.515. The molecule has 3 rings (SSSR count). The lowest BCUT2D eigenvalue weighted by Gasteiger charge is -2.23. The van der Waals surface area contributed by atoms with Crippen molar-refractivity contribution in [1.29, 1.82) is 0 Å². The molecular formula is C18H17ClN2O2. The summed E-state index contributed by atoms with van der Waals surface area (Å²) in [4.78, 5) is 26.3. The van der Waals surface area contributed by atoms with Crippen molar-refractivity contribution >= 4 is 34.8 Å². The van der Waals surface area contributed by atoms with Crippen LogP contribution in [0.15, 0.2) is 42.5 Å². The number of carbonyl (C=O) groups is 2. The van der Waals surface area contributed by atoms with Gasteiger partial charge in [0.15, 0.2) is 0 Å². The predicted octanol–water partition coefficient (Wildman–Crippen LogP) is 3.56. The summed E-state index contributed by atoms with van der Waals surface area (Å²) in [5.74, 6) is -0.348. The second-order valence-electron chi connectivity index (χ2n) is 5.69. The Morgan fingerprint density at radius 2 is 1.96 bits per heavy atom. The molecule has 0 saturated carbocycles. The molecule has 1 atom stereocenters. The normalized spacial score (nSPS) is 16.1. The molecule has 2 aromatic carbocycles. The average Bonchev–Trinajstić information content (AvgIpc) is 2.90. The highest BCUT2D eigenvalue weighted by molar-refractivity contribution is 6.31. The molecule has 0 fully saturated rings. The van der Waals surface area contributed by atoms with Gasteiger partial charge in [-0.05, 0) is 36.2 Å². The Hall–Kier alpha value is -2.33. The van der Waals surface area contributed by atoms with Gasteiger partial charge in [-0.3, -0.25) is 14.5 Å². The van der Waals surface area contributed by atoms with Crippen molar-refractivity contribution in [3.63, 3.8) is 0 Å². The third-order valence-corrected chi connectivity index (χ3v) is 4.31. The van der Waals surface area contributed by atoms with E-state index in [4.69, 9.17) is 11.6 Å². The van der Waals surface area contributed by atoms with Gasteiger partial charge in [-0.2, -0.15) is 0 Å². The zero-order valence-electron chi connectivity index (χ0n) is 13.0. The second-order valence-corrected chi connectivity index (χ2v) is 6.12. The zero-order valence-corrected chi connectivity index (χ0v) is 13.7. The van der Waals surface area contributed by atoms with Crippen molar-refractivity contribution in [2.45, 2.75) is 26.3 Å². The maximum atomic E-state index is 12.7. The van der Waals surface area contributed by atoms with Gasteiger partial charge >= 0.3 is 0 Å². The molecule has 4 nitrogen and oxygen atoms in total. The van der Waals surface area contributed by atoms with Crippen molar-refractivity contribution in [1.82, 2.24) is 0 Å². The molecule has 1 unspecified atom stereocenters. The van der Waals surface area contributed by atoms with E-state index < -0.39 is 6.04 Å². The van der Waals surface area contributed by atoms with Crippen LogP contribution in [0.3, 0.4) is 0 Å². The summed E-state index contributed by atoms with van der Waals surface area (Å²) in [6.45, 7) is 3.38. The van der Waals surface area contributed by atoms with E-state index >= 15 is 0 Å². The first-order valence-corrected chi connectivity index (χ1v) is 7.80. The summed E-state index contributed by atoms with van der Waals surface area (Å²) >= 11 is 6.00. The highest BCUT2D eigenvalue weighted by Crippen LogP contribution is 2.33. The summed E-state index contributed by atoms with van der Waals surface area (Å²) in [7, 11) is 0. The Bertz CT molecular complexity index is 788. The molecule has 0 bridgehead atoms. The lowest BCUT2D eigenvalue weighted by Crippen LogP contribution is -2.44. The lowest BCUT2D eigenvalue weighted by atomic mass is 10.1. The van der Waals surface area contributed by atoms with Crippen LogP contribution in [0.4, 0.5) is 11.4 Å². The van der Waals surface area contributed by atoms with Crippen molar-refractivity contribution in [3.8, 4) is 0 Å². The van der Waals surface area contributed by atoms with Gasteiger partial charge in [-0.15, -0.1) is 0 Å². The fraction of sp³-hybridized carbons (Fsp3) is 0.222. The average molecular weight is 329 g/mol. The van der Waals surface area contributed by atoms with Crippen LogP contribution >= 0.6 is 11.6 Å². The lowest BCUT2D eigenvalue weighted by molar-refractivity contribution is -0.122. The van der Waals surface area contributed by atoms with Gasteiger partial charge in [-0.1, -0.05) is 35.9 Å². The fourth-order valence-electron chi connectivity index (χ4n) is 2.93. The molecule has 1 aliphatic heterocycles. The third kappa shape index (κ3) is 2.94. The number of rotatable bonds is 2. The molecule has 0 spiro atoms. The van der Waals surface area contributed by atoms with Crippen LogP contribution in [0.25, 0.3) is 0 Å². The number of para-hydroxylation sites is 1. The van der Waals surface area contributed by atoms with E-state index in [1.807, 2.05) is 37.3 Å². The summed E-state index contributed by atoms with van der Waals surface area (Å²) in [5.41, 5.74) is 3.41. The monoisotopic (exact) mass is 328 g/mol. The molecule has 23 heavy (non-hydrogen) atoms. The Morgan fingerprint density at radius 3 is 2.70 bits per heavy atom. The number of aryl methyl sites for hydroxylation is 1. The second kappa shape index (κ2) is 6.05. The minimum absolute atomic E-state index is 0.141. The number of hydrogen-bond donors (Lipinski definition) is 1. The SMILES string of the molecule is CC(=O)N1c2ccccc2CC1C(=O)Nc1cc(Cl)ccc1C. The predicted molar refractivity (Wildman–Crippen MR) is 91.9 cm³/mol. The van der Waals surface area contributed by atoms with Gasteiger partial charge in [0.1, 0.15) is 6.04 Å². The molecule has 1 heterocycles. The van der Waals surface area contributed by atoms with E-state index in [1.165, 1.54) is 6.92 Å². The van der Waals surface area contributed by atoms with E-state index in [0.29, 0.717) is 17.1 Å². The van der Waals surface area contributed by atoms with Crippen molar-refractivity contribution in [3.05, 3.63) is 58.6 Å². The van der Waals surface area contributed by atoms with E-state index in [1.54, 1.807) is 17.0 Å². The van der Waals surface area contributed by atoms with Crippen molar-refractivity contribution < 1.29 is 9.59 Å². The Balaban J connectivity index is 1.88. The number of fused-ring (bicyclic) bond motifs is 1. The van der Waals surface area contributed by atoms with Crippen LogP contribution in [0.5, 0.6) is 0 Å². The maximum Gasteiger partial charge on any atom is 0.247 e. The minimum atomic E-state index is -0.539. The van der Waals surface area contributed by atoms with Gasteiger partial charge in [-0.25, -0.2) is 0 Å². The van der Waals surface area contributed by atoms with Crippen LogP contribution in [0, 0.1) is 6.92 Å². The Kier molecular flexibility index (Phi) is 4.09. The van der Waals surface area contributed by atoms with Gasteiger partial charge < -0.3 is 5.32 Å². The molecule has 1 aliphatic rings. The smallest absolute Gasteiger partial charge is 0.247 e. The van der Waals surface area contributed by atoms with Gasteiger partial charge in [0.2, 0.25) is 11.8 Å². The largest absolute Gasteiger partial charge is 0.324 e. The van der Waals surface area contributed by atoms with Crippen molar-refractivity contribution in [2.24, 2.45) is 0 Å². The highest BCUT2D eigenvalue weighted by atomic mass is 35.5. The zero-order chi connectivity index (χ0) is 16.6. The van der Waals surface area contributed by atoms with Crippen molar-refractivity contribution in [2.75, 3.05) is 10.2 Å². The number of nitrogens with one attached hydrogen (secondary N) is 1. The number of anilines is 2. The van der Waals surface area contributed by atoms with Crippen LogP contribution in [-0.2, 0) is 16.0 Å². The number of halogens is 1. The number of carbonyl (C=O) groups excluding carboxylic acids is 2. The first-order chi connectivity index (χ1) is 11.0. The molecule has 0 aromatic heterocycles. The highest BCUT2D eigenvalue weighted by Gasteiger charge is 2.36. The summed E-state index contributed by atoms with van der Waals surface area (Å²) in [5, 5.41) is 3.45. The van der Waals surface area contributed by atoms with E-state index in [0.717, 1.165) is 16.8 Å². The number of amides is 2. The van der Waals surface area contributed by atoms with Crippen LogP contribution in [-0.4, -0.2) is 17.9 Å². The maximum absolute atomic E-state index is 12.7. The van der Waals surface area contributed by atoms with Crippen LogP contribution < -0.4 is 10.2 Å². The van der Waals surface area contributed by atoms with E-state index in [-0.39, 0.29) is 11.8 Å². The number of benzene rings is 2. The topological polar surface area (TPSA) is 49.4 Å². The minimum Gasteiger partial charge on any atom is -0.324 e. The fourth-order valence-corrected chi connectivity index (χ4v) is 3.10. The summed E-state index contributed by atoms with van der Waals surface area (Å²) in [6, 6.07) is 12.4. The van der Waals surface area contributed by atoms with Crippen LogP contribution in [0.2, 0.25) is 5.02 Å². The molecular weight excluding hydrogens is 312 g/mol.